The van der Waals surface area contributed by atoms with Gasteiger partial charge in [0.2, 0.25) is 5.91 Å². The number of anilines is 1. The van der Waals surface area contributed by atoms with Crippen molar-refractivity contribution in [2.45, 2.75) is 25.9 Å². The summed E-state index contributed by atoms with van der Waals surface area (Å²) in [5.74, 6) is -2.12. The van der Waals surface area contributed by atoms with Crippen molar-refractivity contribution >= 4 is 11.6 Å². The number of carbonyl (C=O) groups is 1. The molecule has 0 bridgehead atoms. The summed E-state index contributed by atoms with van der Waals surface area (Å²) < 4.78 is 26.5. The molecule has 1 aromatic rings. The average Bonchev–Trinajstić information content (AvgIpc) is 2.33. The van der Waals surface area contributed by atoms with E-state index in [1.807, 2.05) is 0 Å². The fraction of sp³-hybridized carbons (Fsp3) is 0.462. The van der Waals surface area contributed by atoms with Gasteiger partial charge in [0.25, 0.3) is 0 Å². The number of para-hydroxylation sites is 1. The number of benzene rings is 1. The van der Waals surface area contributed by atoms with Crippen molar-refractivity contribution in [3.05, 3.63) is 29.8 Å². The number of amides is 1. The molecule has 3 N–H and O–H groups in total. The molecule has 1 unspecified atom stereocenters. The molecule has 0 aliphatic rings. The molecule has 1 amide bonds. The van der Waals surface area contributed by atoms with Gasteiger partial charge in [-0.05, 0) is 38.4 Å². The Morgan fingerprint density at radius 3 is 2.58 bits per heavy atom. The third-order valence-corrected chi connectivity index (χ3v) is 2.49. The third-order valence-electron chi connectivity index (χ3n) is 2.49. The molecule has 6 heteroatoms. The molecule has 0 fully saturated rings. The third kappa shape index (κ3) is 5.76. The largest absolute Gasteiger partial charge is 0.393 e. The molecule has 1 rings (SSSR count). The second-order valence-electron chi connectivity index (χ2n) is 4.31. The lowest BCUT2D eigenvalue weighted by molar-refractivity contribution is -0.115. The van der Waals surface area contributed by atoms with Crippen LogP contribution in [0.3, 0.4) is 0 Å². The molecule has 1 aromatic carbocycles. The van der Waals surface area contributed by atoms with E-state index >= 15 is 0 Å². The molecule has 19 heavy (non-hydrogen) atoms. The van der Waals surface area contributed by atoms with Crippen LogP contribution in [0.1, 0.15) is 19.8 Å². The van der Waals surface area contributed by atoms with E-state index < -0.39 is 23.2 Å². The number of aliphatic hydroxyl groups excluding tert-OH is 1. The number of nitrogens with one attached hydrogen (secondary N) is 2. The number of halogens is 2. The van der Waals surface area contributed by atoms with E-state index in [1.54, 1.807) is 6.92 Å². The van der Waals surface area contributed by atoms with Gasteiger partial charge in [-0.15, -0.1) is 0 Å². The Balaban J connectivity index is 2.32. The van der Waals surface area contributed by atoms with Gasteiger partial charge >= 0.3 is 0 Å². The van der Waals surface area contributed by atoms with Crippen molar-refractivity contribution in [1.82, 2.24) is 5.32 Å². The van der Waals surface area contributed by atoms with Crippen molar-refractivity contribution in [2.24, 2.45) is 0 Å². The van der Waals surface area contributed by atoms with Crippen molar-refractivity contribution in [2.75, 3.05) is 18.4 Å². The maximum atomic E-state index is 13.2. The normalized spacial score (nSPS) is 12.2. The average molecular weight is 272 g/mol. The summed E-state index contributed by atoms with van der Waals surface area (Å²) >= 11 is 0. The summed E-state index contributed by atoms with van der Waals surface area (Å²) in [5, 5.41) is 14.0. The van der Waals surface area contributed by atoms with E-state index in [9.17, 15) is 13.6 Å². The van der Waals surface area contributed by atoms with E-state index in [-0.39, 0.29) is 12.6 Å². The zero-order valence-electron chi connectivity index (χ0n) is 10.7. The zero-order valence-corrected chi connectivity index (χ0v) is 10.7. The summed E-state index contributed by atoms with van der Waals surface area (Å²) in [6, 6.07) is 3.39. The minimum Gasteiger partial charge on any atom is -0.393 e. The van der Waals surface area contributed by atoms with Crippen molar-refractivity contribution in [1.29, 1.82) is 0 Å². The van der Waals surface area contributed by atoms with E-state index in [2.05, 4.69) is 10.6 Å². The highest BCUT2D eigenvalue weighted by molar-refractivity contribution is 5.92. The first-order chi connectivity index (χ1) is 9.00. The van der Waals surface area contributed by atoms with Crippen molar-refractivity contribution in [3.8, 4) is 0 Å². The molecule has 0 aliphatic heterocycles. The van der Waals surface area contributed by atoms with Gasteiger partial charge in [0.1, 0.15) is 17.3 Å². The quantitative estimate of drug-likeness (QED) is 0.661. The second kappa shape index (κ2) is 7.81. The van der Waals surface area contributed by atoms with Gasteiger partial charge in [0, 0.05) is 0 Å². The van der Waals surface area contributed by atoms with Crippen molar-refractivity contribution < 1.29 is 18.7 Å². The molecular formula is C13H18F2N2O2. The molecule has 0 saturated carbocycles. The van der Waals surface area contributed by atoms with Gasteiger partial charge in [0.05, 0.1) is 12.6 Å². The van der Waals surface area contributed by atoms with Gasteiger partial charge in [-0.1, -0.05) is 6.07 Å². The first-order valence-electron chi connectivity index (χ1n) is 6.13. The Morgan fingerprint density at radius 1 is 1.37 bits per heavy atom. The number of rotatable bonds is 7. The molecule has 0 radical (unpaired) electrons. The molecule has 0 spiro atoms. The minimum atomic E-state index is -0.803. The highest BCUT2D eigenvalue weighted by Crippen LogP contribution is 2.17. The molecule has 0 aromatic heterocycles. The monoisotopic (exact) mass is 272 g/mol. The highest BCUT2D eigenvalue weighted by Gasteiger charge is 2.11. The second-order valence-corrected chi connectivity index (χ2v) is 4.31. The van der Waals surface area contributed by atoms with Crippen LogP contribution >= 0.6 is 0 Å². The van der Waals surface area contributed by atoms with Crippen LogP contribution in [0.25, 0.3) is 0 Å². The Bertz CT molecular complexity index is 405. The topological polar surface area (TPSA) is 61.4 Å². The zero-order chi connectivity index (χ0) is 14.3. The molecular weight excluding hydrogens is 254 g/mol. The van der Waals surface area contributed by atoms with Gasteiger partial charge in [0.15, 0.2) is 0 Å². The fourth-order valence-corrected chi connectivity index (χ4v) is 1.53. The van der Waals surface area contributed by atoms with Crippen LogP contribution in [0.2, 0.25) is 0 Å². The van der Waals surface area contributed by atoms with E-state index in [0.717, 1.165) is 18.6 Å². The predicted molar refractivity (Wildman–Crippen MR) is 68.8 cm³/mol. The number of carbonyl (C=O) groups excluding carboxylic acids is 1. The van der Waals surface area contributed by atoms with E-state index in [0.29, 0.717) is 13.0 Å². The van der Waals surface area contributed by atoms with Crippen LogP contribution in [-0.4, -0.2) is 30.2 Å². The molecule has 1 atom stereocenters. The summed E-state index contributed by atoms with van der Waals surface area (Å²) in [4.78, 5) is 11.5. The van der Waals surface area contributed by atoms with Crippen LogP contribution in [0.4, 0.5) is 14.5 Å². The van der Waals surface area contributed by atoms with Crippen LogP contribution in [0.5, 0.6) is 0 Å². The minimum absolute atomic E-state index is 0.0341. The van der Waals surface area contributed by atoms with Crippen LogP contribution in [0.15, 0.2) is 18.2 Å². The van der Waals surface area contributed by atoms with Crippen molar-refractivity contribution in [3.63, 3.8) is 0 Å². The smallest absolute Gasteiger partial charge is 0.238 e. The fourth-order valence-electron chi connectivity index (χ4n) is 1.53. The number of hydrogen-bond donors (Lipinski definition) is 3. The Labute approximate surface area is 110 Å². The first-order valence-corrected chi connectivity index (χ1v) is 6.13. The van der Waals surface area contributed by atoms with E-state index in [4.69, 9.17) is 5.11 Å². The lowest BCUT2D eigenvalue weighted by Gasteiger charge is -2.09. The molecule has 0 heterocycles. The maximum absolute atomic E-state index is 13.2. The number of hydrogen-bond acceptors (Lipinski definition) is 3. The molecule has 4 nitrogen and oxygen atoms in total. The Morgan fingerprint density at radius 2 is 2.00 bits per heavy atom. The molecule has 106 valence electrons. The lowest BCUT2D eigenvalue weighted by atomic mass is 10.2. The summed E-state index contributed by atoms with van der Waals surface area (Å²) in [7, 11) is 0. The van der Waals surface area contributed by atoms with Crippen LogP contribution < -0.4 is 10.6 Å². The SMILES string of the molecule is CC(O)CCCNCC(=O)Nc1c(F)cccc1F. The van der Waals surface area contributed by atoms with Crippen LogP contribution in [-0.2, 0) is 4.79 Å². The van der Waals surface area contributed by atoms with Crippen LogP contribution in [0, 0.1) is 11.6 Å². The summed E-state index contributed by atoms with van der Waals surface area (Å²) in [6.07, 6.45) is 0.985. The van der Waals surface area contributed by atoms with Gasteiger partial charge in [-0.3, -0.25) is 4.79 Å². The van der Waals surface area contributed by atoms with Gasteiger partial charge in [-0.2, -0.15) is 0 Å². The Hall–Kier alpha value is -1.53. The lowest BCUT2D eigenvalue weighted by Crippen LogP contribution is -2.29. The molecule has 0 saturated heterocycles. The van der Waals surface area contributed by atoms with E-state index in [1.165, 1.54) is 6.07 Å². The molecule has 0 aliphatic carbocycles. The standard InChI is InChI=1S/C13H18F2N2O2/c1-9(18)4-3-7-16-8-12(19)17-13-10(14)5-2-6-11(13)15/h2,5-6,9,16,18H,3-4,7-8H2,1H3,(H,17,19). The number of aliphatic hydroxyl groups is 1. The highest BCUT2D eigenvalue weighted by atomic mass is 19.1. The predicted octanol–water partition coefficient (Wildman–Crippen LogP) is 1.65. The summed E-state index contributed by atoms with van der Waals surface area (Å²) in [5.41, 5.74) is -0.432. The Kier molecular flexibility index (Phi) is 6.38. The first kappa shape index (κ1) is 15.5. The maximum Gasteiger partial charge on any atom is 0.238 e. The van der Waals surface area contributed by atoms with Gasteiger partial charge in [-0.25, -0.2) is 8.78 Å². The summed E-state index contributed by atoms with van der Waals surface area (Å²) in [6.45, 7) is 2.21. The van der Waals surface area contributed by atoms with Gasteiger partial charge < -0.3 is 15.7 Å².